The molecule has 1 amide bonds. The van der Waals surface area contributed by atoms with Crippen molar-refractivity contribution in [2.24, 2.45) is 5.73 Å². The number of anilines is 4. The van der Waals surface area contributed by atoms with Crippen molar-refractivity contribution in [3.05, 3.63) is 84.7 Å². The minimum Gasteiger partial charge on any atom is -0.494 e. The van der Waals surface area contributed by atoms with Crippen LogP contribution in [0.3, 0.4) is 0 Å². The van der Waals surface area contributed by atoms with Crippen LogP contribution in [0.4, 0.5) is 22.7 Å². The molecule has 0 spiro atoms. The van der Waals surface area contributed by atoms with Crippen LogP contribution in [0.25, 0.3) is 0 Å². The summed E-state index contributed by atoms with van der Waals surface area (Å²) in [6, 6.07) is 18.1. The van der Waals surface area contributed by atoms with Gasteiger partial charge in [-0.05, 0) is 42.0 Å². The molecule has 1 fully saturated rings. The Morgan fingerprint density at radius 1 is 1.24 bits per heavy atom. The molecule has 0 aliphatic carbocycles. The van der Waals surface area contributed by atoms with Gasteiger partial charge in [0.2, 0.25) is 5.91 Å². The lowest BCUT2D eigenvalue weighted by Gasteiger charge is -2.37. The van der Waals surface area contributed by atoms with Crippen molar-refractivity contribution >= 4 is 28.7 Å². The molecule has 2 heterocycles. The average Bonchev–Trinajstić information content (AvgIpc) is 2.93. The summed E-state index contributed by atoms with van der Waals surface area (Å²) in [4.78, 5) is 18.7. The third kappa shape index (κ3) is 5.76. The van der Waals surface area contributed by atoms with Crippen LogP contribution in [0.2, 0.25) is 0 Å². The number of hydrogen-bond acceptors (Lipinski definition) is 7. The predicted octanol–water partition coefficient (Wildman–Crippen LogP) is 4.45. The molecule has 2 aromatic carbocycles. The summed E-state index contributed by atoms with van der Waals surface area (Å²) in [5, 5.41) is 6.39. The lowest BCUT2D eigenvalue weighted by Crippen LogP contribution is -2.49. The molecule has 0 bridgehead atoms. The maximum Gasteiger partial charge on any atom is 0.247 e. The van der Waals surface area contributed by atoms with Crippen molar-refractivity contribution in [3.63, 3.8) is 0 Å². The first kappa shape index (κ1) is 26.2. The number of nitrogens with two attached hydrogens (primary N) is 1. The maximum absolute atomic E-state index is 11.8. The van der Waals surface area contributed by atoms with Crippen molar-refractivity contribution in [1.29, 1.82) is 0 Å². The molecule has 1 aromatic heterocycles. The van der Waals surface area contributed by atoms with Crippen LogP contribution in [-0.2, 0) is 14.9 Å². The van der Waals surface area contributed by atoms with E-state index in [0.29, 0.717) is 25.4 Å². The summed E-state index contributed by atoms with van der Waals surface area (Å²) >= 11 is 0. The number of rotatable bonds is 9. The highest BCUT2D eigenvalue weighted by atomic mass is 16.5. The standard InChI is InChI=1S/C29H35N5O3/c1-5-28(35)32-20-12-13-31-27(16-20)29(2,3)23-8-6-7-9-24(23)33-25-11-10-21(17-26(25)36-4)34-14-15-37-19-22(34)18-30/h5-13,16-17,22,33H,1,14-15,18-19,30H2,2-4H3,(H,31,32,35)/t22-/m1/s1. The molecule has 0 saturated carbocycles. The number of hydrogen-bond donors (Lipinski definition) is 3. The smallest absolute Gasteiger partial charge is 0.247 e. The monoisotopic (exact) mass is 501 g/mol. The number of para-hydroxylation sites is 1. The maximum atomic E-state index is 11.8. The fourth-order valence-electron chi connectivity index (χ4n) is 4.62. The zero-order valence-electron chi connectivity index (χ0n) is 21.7. The van der Waals surface area contributed by atoms with E-state index in [-0.39, 0.29) is 11.9 Å². The number of carbonyl (C=O) groups is 1. The number of morpholine rings is 1. The van der Waals surface area contributed by atoms with Crippen molar-refractivity contribution < 1.29 is 14.3 Å². The largest absolute Gasteiger partial charge is 0.494 e. The zero-order valence-corrected chi connectivity index (χ0v) is 21.7. The Balaban J connectivity index is 1.64. The Morgan fingerprint density at radius 2 is 2.05 bits per heavy atom. The number of ether oxygens (including phenoxy) is 2. The van der Waals surface area contributed by atoms with E-state index in [1.165, 1.54) is 6.08 Å². The third-order valence-electron chi connectivity index (χ3n) is 6.74. The number of benzene rings is 2. The third-order valence-corrected chi connectivity index (χ3v) is 6.74. The van der Waals surface area contributed by atoms with Crippen molar-refractivity contribution in [1.82, 2.24) is 4.98 Å². The molecule has 1 atom stereocenters. The van der Waals surface area contributed by atoms with Crippen molar-refractivity contribution in [2.75, 3.05) is 48.9 Å². The molecule has 4 N–H and O–H groups in total. The summed E-state index contributed by atoms with van der Waals surface area (Å²) < 4.78 is 11.4. The molecule has 1 saturated heterocycles. The number of amides is 1. The van der Waals surface area contributed by atoms with E-state index in [4.69, 9.17) is 15.2 Å². The van der Waals surface area contributed by atoms with E-state index in [2.05, 4.69) is 53.1 Å². The number of pyridine rings is 1. The molecule has 37 heavy (non-hydrogen) atoms. The molecule has 0 unspecified atom stereocenters. The fraction of sp³-hybridized carbons (Fsp3) is 0.310. The SMILES string of the molecule is C=CC(=O)Nc1ccnc(C(C)(C)c2ccccc2Nc2ccc(N3CCOC[C@H]3CN)cc2OC)c1. The highest BCUT2D eigenvalue weighted by Crippen LogP contribution is 2.39. The predicted molar refractivity (Wildman–Crippen MR) is 149 cm³/mol. The second kappa shape index (κ2) is 11.5. The summed E-state index contributed by atoms with van der Waals surface area (Å²) in [5.74, 6) is 0.474. The minimum absolute atomic E-state index is 0.137. The fourth-order valence-corrected chi connectivity index (χ4v) is 4.62. The van der Waals surface area contributed by atoms with Crippen molar-refractivity contribution in [3.8, 4) is 5.75 Å². The summed E-state index contributed by atoms with van der Waals surface area (Å²) in [6.07, 6.45) is 2.95. The quantitative estimate of drug-likeness (QED) is 0.373. The van der Waals surface area contributed by atoms with Gasteiger partial charge < -0.3 is 30.7 Å². The molecular formula is C29H35N5O3. The van der Waals surface area contributed by atoms with Crippen LogP contribution in [0.15, 0.2) is 73.4 Å². The van der Waals surface area contributed by atoms with E-state index < -0.39 is 5.41 Å². The molecule has 0 radical (unpaired) electrons. The molecule has 194 valence electrons. The van der Waals surface area contributed by atoms with Gasteiger partial charge in [-0.2, -0.15) is 0 Å². The summed E-state index contributed by atoms with van der Waals surface area (Å²) in [7, 11) is 1.67. The van der Waals surface area contributed by atoms with E-state index in [9.17, 15) is 4.79 Å². The Morgan fingerprint density at radius 3 is 2.81 bits per heavy atom. The lowest BCUT2D eigenvalue weighted by molar-refractivity contribution is -0.111. The number of aromatic nitrogens is 1. The second-order valence-electron chi connectivity index (χ2n) is 9.46. The van der Waals surface area contributed by atoms with Gasteiger partial charge in [-0.15, -0.1) is 0 Å². The van der Waals surface area contributed by atoms with E-state index >= 15 is 0 Å². The number of carbonyl (C=O) groups excluding carboxylic acids is 1. The normalized spacial score (nSPS) is 15.7. The van der Waals surface area contributed by atoms with Crippen molar-refractivity contribution in [2.45, 2.75) is 25.3 Å². The van der Waals surface area contributed by atoms with E-state index in [1.54, 1.807) is 19.4 Å². The van der Waals surface area contributed by atoms with Crippen LogP contribution in [0, 0.1) is 0 Å². The molecule has 1 aliphatic heterocycles. The van der Waals surface area contributed by atoms with Gasteiger partial charge in [-0.25, -0.2) is 0 Å². The molecule has 1 aliphatic rings. The summed E-state index contributed by atoms with van der Waals surface area (Å²) in [5.41, 5.74) is 10.9. The Kier molecular flexibility index (Phi) is 8.11. The van der Waals surface area contributed by atoms with Gasteiger partial charge in [0, 0.05) is 47.8 Å². The Labute approximate surface area is 218 Å². The molecule has 8 heteroatoms. The number of methoxy groups -OCH3 is 1. The van der Waals surface area contributed by atoms with Gasteiger partial charge in [-0.1, -0.05) is 38.6 Å². The minimum atomic E-state index is -0.464. The molecule has 3 aromatic rings. The Bertz CT molecular complexity index is 1260. The first-order valence-corrected chi connectivity index (χ1v) is 12.4. The summed E-state index contributed by atoms with van der Waals surface area (Å²) in [6.45, 7) is 10.3. The van der Waals surface area contributed by atoms with Crippen LogP contribution < -0.4 is 26.0 Å². The first-order valence-electron chi connectivity index (χ1n) is 12.4. The van der Waals surface area contributed by atoms with Crippen LogP contribution in [-0.4, -0.2) is 50.3 Å². The van der Waals surface area contributed by atoms with Gasteiger partial charge in [0.15, 0.2) is 0 Å². The van der Waals surface area contributed by atoms with Crippen LogP contribution in [0.1, 0.15) is 25.1 Å². The molecule has 4 rings (SSSR count). The first-order chi connectivity index (χ1) is 17.9. The number of nitrogens with one attached hydrogen (secondary N) is 2. The van der Waals surface area contributed by atoms with Gasteiger partial charge >= 0.3 is 0 Å². The highest BCUT2D eigenvalue weighted by molar-refractivity contribution is 5.98. The van der Waals surface area contributed by atoms with Gasteiger partial charge in [0.25, 0.3) is 0 Å². The van der Waals surface area contributed by atoms with E-state index in [1.807, 2.05) is 36.4 Å². The second-order valence-corrected chi connectivity index (χ2v) is 9.46. The highest BCUT2D eigenvalue weighted by Gasteiger charge is 2.28. The van der Waals surface area contributed by atoms with Gasteiger partial charge in [0.1, 0.15) is 5.75 Å². The zero-order chi connectivity index (χ0) is 26.4. The van der Waals surface area contributed by atoms with Crippen LogP contribution in [0.5, 0.6) is 5.75 Å². The Hall–Kier alpha value is -3.88. The van der Waals surface area contributed by atoms with E-state index in [0.717, 1.165) is 40.6 Å². The molecular weight excluding hydrogens is 466 g/mol. The van der Waals surface area contributed by atoms with Gasteiger partial charge in [0.05, 0.1) is 37.7 Å². The van der Waals surface area contributed by atoms with Gasteiger partial charge in [-0.3, -0.25) is 9.78 Å². The average molecular weight is 502 g/mol. The lowest BCUT2D eigenvalue weighted by atomic mass is 9.80. The number of nitrogens with zero attached hydrogens (tertiary/aromatic N) is 2. The topological polar surface area (TPSA) is 102 Å². The molecule has 8 nitrogen and oxygen atoms in total. The van der Waals surface area contributed by atoms with Crippen LogP contribution >= 0.6 is 0 Å².